The van der Waals surface area contributed by atoms with Gasteiger partial charge in [0.25, 0.3) is 0 Å². The van der Waals surface area contributed by atoms with Gasteiger partial charge in [-0.25, -0.2) is 4.79 Å². The highest BCUT2D eigenvalue weighted by Gasteiger charge is 1.89. The number of hydrogen-bond donors (Lipinski definition) is 2. The van der Waals surface area contributed by atoms with E-state index in [2.05, 4.69) is 15.2 Å². The lowest BCUT2D eigenvalue weighted by atomic mass is 10.7. The highest BCUT2D eigenvalue weighted by molar-refractivity contribution is 5.64. The van der Waals surface area contributed by atoms with E-state index >= 15 is 0 Å². The second-order valence-corrected chi connectivity index (χ2v) is 1.28. The maximum atomic E-state index is 9.85. The summed E-state index contributed by atoms with van der Waals surface area (Å²) in [7, 11) is 0. The van der Waals surface area contributed by atoms with Crippen molar-refractivity contribution >= 4 is 6.09 Å². The minimum Gasteiger partial charge on any atom is -0.422 e. The number of ether oxygens (including phenoxy) is 2. The second kappa shape index (κ2) is 5.33. The third-order valence-electron chi connectivity index (χ3n) is 0.547. The van der Waals surface area contributed by atoms with Gasteiger partial charge in [0, 0.05) is 6.54 Å². The molecule has 5 nitrogen and oxygen atoms in total. The maximum Gasteiger partial charge on any atom is 0.406 e. The number of nitrogens with two attached hydrogens (primary N) is 2. The average molecular weight is 134 g/mol. The molecule has 0 spiro atoms. The van der Waals surface area contributed by atoms with E-state index in [-0.39, 0.29) is 6.79 Å². The van der Waals surface area contributed by atoms with Gasteiger partial charge in [-0.1, -0.05) is 0 Å². The number of primary amides is 1. The minimum absolute atomic E-state index is 0.119. The Morgan fingerprint density at radius 3 is 2.67 bits per heavy atom. The van der Waals surface area contributed by atoms with Crippen molar-refractivity contribution in [3.8, 4) is 0 Å². The Morgan fingerprint density at radius 2 is 2.22 bits per heavy atom. The van der Waals surface area contributed by atoms with Crippen molar-refractivity contribution in [3.63, 3.8) is 0 Å². The summed E-state index contributed by atoms with van der Waals surface area (Å²) in [5.74, 6) is 0. The van der Waals surface area contributed by atoms with Crippen LogP contribution in [0.25, 0.3) is 0 Å². The number of hydrogen-bond acceptors (Lipinski definition) is 4. The van der Waals surface area contributed by atoms with Crippen LogP contribution in [0.2, 0.25) is 0 Å². The van der Waals surface area contributed by atoms with Crippen molar-refractivity contribution in [2.75, 3.05) is 19.9 Å². The zero-order valence-corrected chi connectivity index (χ0v) is 5.00. The third kappa shape index (κ3) is 7.19. The molecule has 0 atom stereocenters. The van der Waals surface area contributed by atoms with Crippen molar-refractivity contribution < 1.29 is 14.3 Å². The Balaban J connectivity index is 2.83. The maximum absolute atomic E-state index is 9.85. The molecule has 0 rings (SSSR count). The van der Waals surface area contributed by atoms with Crippen LogP contribution in [0.1, 0.15) is 0 Å². The SMILES string of the molecule is NCCOCOC(N)=O. The van der Waals surface area contributed by atoms with Gasteiger partial charge >= 0.3 is 6.09 Å². The lowest BCUT2D eigenvalue weighted by Crippen LogP contribution is -2.17. The first-order valence-corrected chi connectivity index (χ1v) is 2.47. The molecule has 0 aromatic carbocycles. The molecule has 4 N–H and O–H groups in total. The first kappa shape index (κ1) is 8.19. The topological polar surface area (TPSA) is 87.6 Å². The summed E-state index contributed by atoms with van der Waals surface area (Å²) in [6, 6.07) is 0. The number of amides is 1. The van der Waals surface area contributed by atoms with Gasteiger partial charge in [-0.3, -0.25) is 0 Å². The van der Waals surface area contributed by atoms with Crippen LogP contribution in [0, 0.1) is 0 Å². The van der Waals surface area contributed by atoms with Gasteiger partial charge in [-0.15, -0.1) is 0 Å². The Labute approximate surface area is 52.9 Å². The molecular weight excluding hydrogens is 124 g/mol. The summed E-state index contributed by atoms with van der Waals surface area (Å²) in [5.41, 5.74) is 9.65. The Bertz CT molecular complexity index is 85.9. The van der Waals surface area contributed by atoms with E-state index in [9.17, 15) is 4.79 Å². The molecule has 0 fully saturated rings. The summed E-state index contributed by atoms with van der Waals surface area (Å²) < 4.78 is 8.85. The van der Waals surface area contributed by atoms with E-state index in [4.69, 9.17) is 5.73 Å². The van der Waals surface area contributed by atoms with Crippen LogP contribution in [-0.4, -0.2) is 26.0 Å². The van der Waals surface area contributed by atoms with Crippen molar-refractivity contribution in [3.05, 3.63) is 0 Å². The molecule has 0 heterocycles. The Morgan fingerprint density at radius 1 is 1.56 bits per heavy atom. The number of carbonyl (C=O) groups excluding carboxylic acids is 1. The van der Waals surface area contributed by atoms with Crippen molar-refractivity contribution in [1.82, 2.24) is 0 Å². The average Bonchev–Trinajstić information content (AvgIpc) is 1.80. The van der Waals surface area contributed by atoms with E-state index < -0.39 is 6.09 Å². The van der Waals surface area contributed by atoms with Crippen LogP contribution >= 0.6 is 0 Å². The van der Waals surface area contributed by atoms with Crippen LogP contribution in [0.15, 0.2) is 0 Å². The molecule has 0 aromatic heterocycles. The highest BCUT2D eigenvalue weighted by atomic mass is 16.7. The Hall–Kier alpha value is -0.810. The van der Waals surface area contributed by atoms with E-state index in [0.29, 0.717) is 13.2 Å². The molecule has 0 aliphatic rings. The predicted molar refractivity (Wildman–Crippen MR) is 30.5 cm³/mol. The van der Waals surface area contributed by atoms with Crippen LogP contribution in [0.5, 0.6) is 0 Å². The fraction of sp³-hybridized carbons (Fsp3) is 0.750. The third-order valence-corrected chi connectivity index (χ3v) is 0.547. The van der Waals surface area contributed by atoms with Crippen molar-refractivity contribution in [2.24, 2.45) is 11.5 Å². The second-order valence-electron chi connectivity index (χ2n) is 1.28. The molecule has 54 valence electrons. The zero-order chi connectivity index (χ0) is 7.11. The van der Waals surface area contributed by atoms with Crippen LogP contribution in [0.3, 0.4) is 0 Å². The molecule has 0 unspecified atom stereocenters. The molecule has 0 saturated heterocycles. The van der Waals surface area contributed by atoms with Gasteiger partial charge in [-0.05, 0) is 0 Å². The van der Waals surface area contributed by atoms with Gasteiger partial charge in [0.2, 0.25) is 0 Å². The van der Waals surface area contributed by atoms with E-state index in [1.165, 1.54) is 0 Å². The van der Waals surface area contributed by atoms with Crippen molar-refractivity contribution in [2.45, 2.75) is 0 Å². The lowest BCUT2D eigenvalue weighted by molar-refractivity contribution is -0.00843. The molecule has 0 radical (unpaired) electrons. The first-order chi connectivity index (χ1) is 4.27. The van der Waals surface area contributed by atoms with Gasteiger partial charge in [-0.2, -0.15) is 0 Å². The summed E-state index contributed by atoms with van der Waals surface area (Å²) >= 11 is 0. The highest BCUT2D eigenvalue weighted by Crippen LogP contribution is 1.74. The van der Waals surface area contributed by atoms with Gasteiger partial charge in [0.1, 0.15) is 0 Å². The molecule has 9 heavy (non-hydrogen) atoms. The molecular formula is C4H10N2O3. The standard InChI is InChI=1S/C4H10N2O3/c5-1-2-8-3-9-4(6)7/h1-3,5H2,(H2,6,7). The minimum atomic E-state index is -0.841. The normalized spacial score (nSPS) is 9.00. The smallest absolute Gasteiger partial charge is 0.406 e. The predicted octanol–water partition coefficient (Wildman–Crippen LogP) is -0.986. The van der Waals surface area contributed by atoms with Crippen molar-refractivity contribution in [1.29, 1.82) is 0 Å². The van der Waals surface area contributed by atoms with Gasteiger partial charge in [0.05, 0.1) is 6.61 Å². The number of carbonyl (C=O) groups is 1. The van der Waals surface area contributed by atoms with Crippen LogP contribution in [0.4, 0.5) is 4.79 Å². The molecule has 0 saturated carbocycles. The molecule has 0 aliphatic heterocycles. The number of rotatable bonds is 4. The lowest BCUT2D eigenvalue weighted by Gasteiger charge is -2.00. The monoisotopic (exact) mass is 134 g/mol. The quantitative estimate of drug-likeness (QED) is 0.382. The summed E-state index contributed by atoms with van der Waals surface area (Å²) in [4.78, 5) is 9.85. The molecule has 0 aromatic rings. The molecule has 5 heteroatoms. The fourth-order valence-electron chi connectivity index (χ4n) is 0.242. The van der Waals surface area contributed by atoms with Crippen LogP contribution in [-0.2, 0) is 9.47 Å². The summed E-state index contributed by atoms with van der Waals surface area (Å²) in [5, 5.41) is 0. The largest absolute Gasteiger partial charge is 0.422 e. The van der Waals surface area contributed by atoms with Gasteiger partial charge < -0.3 is 20.9 Å². The van der Waals surface area contributed by atoms with E-state index in [1.54, 1.807) is 0 Å². The Kier molecular flexibility index (Phi) is 4.85. The summed E-state index contributed by atoms with van der Waals surface area (Å²) in [6.45, 7) is 0.655. The van der Waals surface area contributed by atoms with Crippen LogP contribution < -0.4 is 11.5 Å². The zero-order valence-electron chi connectivity index (χ0n) is 5.00. The molecule has 1 amide bonds. The molecule has 0 aliphatic carbocycles. The summed E-state index contributed by atoms with van der Waals surface area (Å²) in [6.07, 6.45) is -0.841. The first-order valence-electron chi connectivity index (χ1n) is 2.47. The van der Waals surface area contributed by atoms with E-state index in [0.717, 1.165) is 0 Å². The van der Waals surface area contributed by atoms with E-state index in [1.807, 2.05) is 0 Å². The van der Waals surface area contributed by atoms with Gasteiger partial charge in [0.15, 0.2) is 6.79 Å². The molecule has 0 bridgehead atoms. The fourth-order valence-corrected chi connectivity index (χ4v) is 0.242.